The Bertz CT molecular complexity index is 597. The topological polar surface area (TPSA) is 0 Å². The third-order valence-electron chi connectivity index (χ3n) is 3.22. The van der Waals surface area contributed by atoms with Crippen molar-refractivity contribution in [1.82, 2.24) is 0 Å². The summed E-state index contributed by atoms with van der Waals surface area (Å²) in [5.41, 5.74) is 2.09. The van der Waals surface area contributed by atoms with Crippen LogP contribution in [0.3, 0.4) is 0 Å². The minimum atomic E-state index is -1.48. The molecule has 2 aromatic carbocycles. The van der Waals surface area contributed by atoms with Gasteiger partial charge in [0.1, 0.15) is 0 Å². The molecule has 0 heterocycles. The molecule has 0 aliphatic carbocycles. The van der Waals surface area contributed by atoms with Crippen LogP contribution in [0.25, 0.3) is 0 Å². The summed E-state index contributed by atoms with van der Waals surface area (Å²) in [4.78, 5) is 0. The van der Waals surface area contributed by atoms with Crippen molar-refractivity contribution in [2.24, 2.45) is 5.92 Å². The van der Waals surface area contributed by atoms with Gasteiger partial charge in [-0.05, 0) is 41.2 Å². The third-order valence-corrected chi connectivity index (χ3v) is 3.72. The van der Waals surface area contributed by atoms with Crippen molar-refractivity contribution in [2.45, 2.75) is 25.6 Å². The van der Waals surface area contributed by atoms with E-state index in [2.05, 4.69) is 13.8 Å². The smallest absolute Gasteiger partial charge is 0.194 e. The highest BCUT2D eigenvalue weighted by atomic mass is 35.5. The van der Waals surface area contributed by atoms with Crippen LogP contribution in [-0.2, 0) is 6.42 Å². The number of hydrogen-bond acceptors (Lipinski definition) is 0. The molecule has 2 rings (SSSR count). The second-order valence-electron chi connectivity index (χ2n) is 5.50. The number of alkyl halides is 1. The maximum Gasteiger partial charge on any atom is 0.194 e. The summed E-state index contributed by atoms with van der Waals surface area (Å²) in [6.45, 7) is 4.25. The van der Waals surface area contributed by atoms with Crippen molar-refractivity contribution in [2.75, 3.05) is 0 Å². The lowest BCUT2D eigenvalue weighted by Gasteiger charge is -2.12. The lowest BCUT2D eigenvalue weighted by Crippen LogP contribution is -2.00. The minimum Gasteiger partial charge on any atom is -0.204 e. The molecule has 0 saturated heterocycles. The fraction of sp³-hybridized carbons (Fsp3) is 0.294. The van der Waals surface area contributed by atoms with Crippen LogP contribution in [0.4, 0.5) is 13.2 Å². The highest BCUT2D eigenvalue weighted by Gasteiger charge is 2.17. The Morgan fingerprint density at radius 3 is 1.90 bits per heavy atom. The standard InChI is InChI=1S/C17H16ClF3/c1-10(2)7-11-3-5-12(6-4-11)16(18)13-8-14(19)17(21)15(20)9-13/h3-6,8-10,16H,7H2,1-2H3. The van der Waals surface area contributed by atoms with Crippen LogP contribution in [0.15, 0.2) is 36.4 Å². The molecule has 1 unspecified atom stereocenters. The highest BCUT2D eigenvalue weighted by molar-refractivity contribution is 6.22. The Morgan fingerprint density at radius 2 is 1.43 bits per heavy atom. The molecular formula is C17H16ClF3. The van der Waals surface area contributed by atoms with Crippen LogP contribution in [0.5, 0.6) is 0 Å². The van der Waals surface area contributed by atoms with E-state index in [9.17, 15) is 13.2 Å². The first-order valence-corrected chi connectivity index (χ1v) is 7.19. The van der Waals surface area contributed by atoms with Gasteiger partial charge in [0.25, 0.3) is 0 Å². The van der Waals surface area contributed by atoms with Crippen molar-refractivity contribution >= 4 is 11.6 Å². The molecule has 0 nitrogen and oxygen atoms in total. The van der Waals surface area contributed by atoms with E-state index >= 15 is 0 Å². The van der Waals surface area contributed by atoms with Gasteiger partial charge in [0.05, 0.1) is 5.38 Å². The molecule has 1 atom stereocenters. The predicted molar refractivity (Wildman–Crippen MR) is 79.0 cm³/mol. The van der Waals surface area contributed by atoms with Crippen molar-refractivity contribution in [3.05, 3.63) is 70.5 Å². The van der Waals surface area contributed by atoms with Crippen molar-refractivity contribution in [3.63, 3.8) is 0 Å². The number of halogens is 4. The van der Waals surface area contributed by atoms with E-state index in [1.54, 1.807) is 0 Å². The first-order valence-electron chi connectivity index (χ1n) is 6.76. The minimum absolute atomic E-state index is 0.199. The summed E-state index contributed by atoms with van der Waals surface area (Å²) in [6.07, 6.45) is 0.951. The summed E-state index contributed by atoms with van der Waals surface area (Å²) in [6, 6.07) is 9.40. The molecule has 21 heavy (non-hydrogen) atoms. The van der Waals surface area contributed by atoms with Gasteiger partial charge in [-0.3, -0.25) is 0 Å². The van der Waals surface area contributed by atoms with Crippen molar-refractivity contribution in [1.29, 1.82) is 0 Å². The molecule has 0 aliphatic heterocycles. The van der Waals surface area contributed by atoms with Gasteiger partial charge in [-0.2, -0.15) is 0 Å². The van der Waals surface area contributed by atoms with Crippen molar-refractivity contribution in [3.8, 4) is 0 Å². The number of benzene rings is 2. The van der Waals surface area contributed by atoms with E-state index in [0.717, 1.165) is 24.1 Å². The molecule has 0 aliphatic rings. The average molecular weight is 313 g/mol. The zero-order valence-electron chi connectivity index (χ0n) is 11.8. The zero-order chi connectivity index (χ0) is 15.6. The van der Waals surface area contributed by atoms with E-state index in [1.165, 1.54) is 5.56 Å². The first kappa shape index (κ1) is 15.9. The molecule has 0 spiro atoms. The Labute approximate surface area is 127 Å². The van der Waals surface area contributed by atoms with E-state index in [0.29, 0.717) is 5.92 Å². The lowest BCUT2D eigenvalue weighted by atomic mass is 9.99. The van der Waals surface area contributed by atoms with Crippen LogP contribution in [0, 0.1) is 23.4 Å². The SMILES string of the molecule is CC(C)Cc1ccc(C(Cl)c2cc(F)c(F)c(F)c2)cc1. The van der Waals surface area contributed by atoms with Gasteiger partial charge in [0.15, 0.2) is 17.5 Å². The third kappa shape index (κ3) is 3.79. The fourth-order valence-corrected chi connectivity index (χ4v) is 2.48. The summed E-state index contributed by atoms with van der Waals surface area (Å²) in [7, 11) is 0. The van der Waals surface area contributed by atoms with Crippen LogP contribution in [0.2, 0.25) is 0 Å². The fourth-order valence-electron chi connectivity index (χ4n) is 2.21. The zero-order valence-corrected chi connectivity index (χ0v) is 12.6. The molecule has 0 bridgehead atoms. The van der Waals surface area contributed by atoms with Gasteiger partial charge in [-0.1, -0.05) is 38.1 Å². The average Bonchev–Trinajstić information content (AvgIpc) is 2.43. The van der Waals surface area contributed by atoms with Gasteiger partial charge >= 0.3 is 0 Å². The van der Waals surface area contributed by atoms with Gasteiger partial charge in [0.2, 0.25) is 0 Å². The summed E-state index contributed by atoms with van der Waals surface area (Å²) >= 11 is 6.23. The van der Waals surface area contributed by atoms with E-state index in [1.807, 2.05) is 24.3 Å². The van der Waals surface area contributed by atoms with Gasteiger partial charge in [-0.25, -0.2) is 13.2 Å². The van der Waals surface area contributed by atoms with Gasteiger partial charge in [-0.15, -0.1) is 11.6 Å². The highest BCUT2D eigenvalue weighted by Crippen LogP contribution is 2.31. The monoisotopic (exact) mass is 312 g/mol. The van der Waals surface area contributed by atoms with E-state index in [4.69, 9.17) is 11.6 Å². The molecule has 0 radical (unpaired) electrons. The number of hydrogen-bond donors (Lipinski definition) is 0. The Kier molecular flexibility index (Phi) is 4.94. The van der Waals surface area contributed by atoms with Gasteiger partial charge in [0, 0.05) is 0 Å². The summed E-state index contributed by atoms with van der Waals surface area (Å²) in [5, 5.41) is -0.720. The van der Waals surface area contributed by atoms with Crippen LogP contribution < -0.4 is 0 Å². The molecule has 0 saturated carbocycles. The Balaban J connectivity index is 2.25. The first-order chi connectivity index (χ1) is 9.88. The molecular weight excluding hydrogens is 297 g/mol. The van der Waals surface area contributed by atoms with Crippen LogP contribution in [-0.4, -0.2) is 0 Å². The molecule has 2 aromatic rings. The second kappa shape index (κ2) is 6.52. The summed E-state index contributed by atoms with van der Waals surface area (Å²) in [5.74, 6) is -3.39. The van der Waals surface area contributed by atoms with Crippen LogP contribution in [0.1, 0.15) is 35.9 Å². The largest absolute Gasteiger partial charge is 0.204 e. The normalized spacial score (nSPS) is 12.7. The maximum absolute atomic E-state index is 13.3. The summed E-state index contributed by atoms with van der Waals surface area (Å²) < 4.78 is 39.5. The molecule has 112 valence electrons. The van der Waals surface area contributed by atoms with E-state index < -0.39 is 22.8 Å². The molecule has 4 heteroatoms. The van der Waals surface area contributed by atoms with Gasteiger partial charge < -0.3 is 0 Å². The Morgan fingerprint density at radius 1 is 0.905 bits per heavy atom. The second-order valence-corrected chi connectivity index (χ2v) is 5.94. The Hall–Kier alpha value is -1.48. The predicted octanol–water partition coefficient (Wildman–Crippen LogP) is 5.63. The lowest BCUT2D eigenvalue weighted by molar-refractivity contribution is 0.445. The molecule has 0 N–H and O–H groups in total. The van der Waals surface area contributed by atoms with E-state index in [-0.39, 0.29) is 5.56 Å². The number of rotatable bonds is 4. The van der Waals surface area contributed by atoms with Crippen LogP contribution >= 0.6 is 11.6 Å². The quantitative estimate of drug-likeness (QED) is 0.507. The molecule has 0 aromatic heterocycles. The maximum atomic E-state index is 13.3. The molecule has 0 amide bonds. The molecule has 0 fully saturated rings. The van der Waals surface area contributed by atoms with Crippen molar-refractivity contribution < 1.29 is 13.2 Å².